The fourth-order valence-electron chi connectivity index (χ4n) is 2.64. The highest BCUT2D eigenvalue weighted by atomic mass is 32.1. The van der Waals surface area contributed by atoms with E-state index in [2.05, 4.69) is 17.2 Å². The quantitative estimate of drug-likeness (QED) is 0.654. The number of nitro groups is 1. The lowest BCUT2D eigenvalue weighted by atomic mass is 9.81. The summed E-state index contributed by atoms with van der Waals surface area (Å²) in [5.74, 6) is 1.65. The van der Waals surface area contributed by atoms with Crippen LogP contribution in [0.5, 0.6) is 0 Å². The minimum atomic E-state index is -0.397. The molecule has 1 aliphatic carbocycles. The average Bonchev–Trinajstić information content (AvgIpc) is 2.78. The Labute approximate surface area is 111 Å². The van der Waals surface area contributed by atoms with Gasteiger partial charge in [-0.2, -0.15) is 0 Å². The van der Waals surface area contributed by atoms with E-state index < -0.39 is 4.92 Å². The van der Waals surface area contributed by atoms with Crippen LogP contribution in [-0.4, -0.2) is 16.5 Å². The van der Waals surface area contributed by atoms with E-state index in [1.54, 1.807) is 0 Å². The molecule has 0 aliphatic heterocycles. The first-order chi connectivity index (χ1) is 8.65. The predicted octanol–water partition coefficient (Wildman–Crippen LogP) is 3.68. The third-order valence-corrected chi connectivity index (χ3v) is 4.45. The van der Waals surface area contributed by atoms with E-state index in [1.807, 2.05) is 0 Å². The molecule has 2 rings (SSSR count). The minimum Gasteiger partial charge on any atom is -0.361 e. The highest BCUT2D eigenvalue weighted by molar-refractivity contribution is 7.18. The van der Waals surface area contributed by atoms with Gasteiger partial charge in [-0.25, -0.2) is 4.98 Å². The Hall–Kier alpha value is -1.17. The maximum absolute atomic E-state index is 10.5. The summed E-state index contributed by atoms with van der Waals surface area (Å²) in [5.41, 5.74) is 0. The van der Waals surface area contributed by atoms with Crippen LogP contribution in [-0.2, 0) is 0 Å². The van der Waals surface area contributed by atoms with E-state index in [-0.39, 0.29) is 5.00 Å². The molecule has 0 amide bonds. The summed E-state index contributed by atoms with van der Waals surface area (Å²) in [5, 5.41) is 14.5. The van der Waals surface area contributed by atoms with Crippen molar-refractivity contribution in [2.45, 2.75) is 39.0 Å². The second-order valence-corrected chi connectivity index (χ2v) is 6.12. The molecule has 1 fully saturated rings. The van der Waals surface area contributed by atoms with Crippen LogP contribution in [0.25, 0.3) is 0 Å². The topological polar surface area (TPSA) is 68.1 Å². The molecular formula is C12H19N3O2S. The number of rotatable bonds is 5. The molecule has 0 saturated heterocycles. The zero-order chi connectivity index (χ0) is 13.0. The second kappa shape index (κ2) is 6.13. The molecule has 5 nitrogen and oxygen atoms in total. The lowest BCUT2D eigenvalue weighted by molar-refractivity contribution is -0.380. The van der Waals surface area contributed by atoms with E-state index in [0.717, 1.165) is 36.1 Å². The van der Waals surface area contributed by atoms with Crippen LogP contribution in [0.4, 0.5) is 10.1 Å². The van der Waals surface area contributed by atoms with Gasteiger partial charge < -0.3 is 5.32 Å². The number of aromatic nitrogens is 1. The molecule has 1 aliphatic rings. The number of nitrogens with zero attached hydrogens (tertiary/aromatic N) is 2. The van der Waals surface area contributed by atoms with Gasteiger partial charge in [0.05, 0.1) is 4.92 Å². The van der Waals surface area contributed by atoms with Crippen LogP contribution in [0.15, 0.2) is 6.20 Å². The van der Waals surface area contributed by atoms with Gasteiger partial charge in [0.1, 0.15) is 6.20 Å². The van der Waals surface area contributed by atoms with Crippen LogP contribution < -0.4 is 5.32 Å². The Kier molecular flexibility index (Phi) is 4.52. The van der Waals surface area contributed by atoms with Crippen molar-refractivity contribution in [2.24, 2.45) is 11.8 Å². The van der Waals surface area contributed by atoms with Gasteiger partial charge in [0.25, 0.3) is 0 Å². The standard InChI is InChI=1S/C12H19N3O2S/c1-9-3-2-4-10(7-9)5-6-13-12-14-8-11(18-12)15(16)17/h8-10H,2-7H2,1H3,(H,13,14). The first-order valence-corrected chi connectivity index (χ1v) is 7.31. The zero-order valence-electron chi connectivity index (χ0n) is 10.6. The monoisotopic (exact) mass is 269 g/mol. The predicted molar refractivity (Wildman–Crippen MR) is 73.0 cm³/mol. The molecule has 0 aromatic carbocycles. The van der Waals surface area contributed by atoms with Gasteiger partial charge in [-0.15, -0.1) is 0 Å². The van der Waals surface area contributed by atoms with Crippen molar-refractivity contribution in [2.75, 3.05) is 11.9 Å². The summed E-state index contributed by atoms with van der Waals surface area (Å²) in [7, 11) is 0. The summed E-state index contributed by atoms with van der Waals surface area (Å²) in [4.78, 5) is 14.1. The van der Waals surface area contributed by atoms with E-state index in [1.165, 1.54) is 31.9 Å². The third-order valence-electron chi connectivity index (χ3n) is 3.55. The highest BCUT2D eigenvalue weighted by Crippen LogP contribution is 2.31. The largest absolute Gasteiger partial charge is 0.361 e. The molecule has 100 valence electrons. The molecule has 0 spiro atoms. The van der Waals surface area contributed by atoms with Gasteiger partial charge in [0.15, 0.2) is 5.13 Å². The molecule has 6 heteroatoms. The van der Waals surface area contributed by atoms with Crippen molar-refractivity contribution in [3.63, 3.8) is 0 Å². The highest BCUT2D eigenvalue weighted by Gasteiger charge is 2.18. The molecular weight excluding hydrogens is 250 g/mol. The fourth-order valence-corrected chi connectivity index (χ4v) is 3.29. The Bertz CT molecular complexity index is 408. The van der Waals surface area contributed by atoms with Crippen molar-refractivity contribution in [3.05, 3.63) is 16.3 Å². The maximum Gasteiger partial charge on any atom is 0.345 e. The molecule has 1 N–H and O–H groups in total. The number of anilines is 1. The molecule has 1 aromatic rings. The van der Waals surface area contributed by atoms with Crippen LogP contribution in [0.1, 0.15) is 39.0 Å². The molecule has 1 heterocycles. The summed E-state index contributed by atoms with van der Waals surface area (Å²) in [6.45, 7) is 3.19. The van der Waals surface area contributed by atoms with E-state index in [9.17, 15) is 10.1 Å². The summed E-state index contributed by atoms with van der Waals surface area (Å²) in [6.07, 6.45) is 7.80. The van der Waals surface area contributed by atoms with Gasteiger partial charge in [-0.1, -0.05) is 26.2 Å². The molecule has 2 atom stereocenters. The Balaban J connectivity index is 1.72. The van der Waals surface area contributed by atoms with Crippen molar-refractivity contribution in [1.82, 2.24) is 4.98 Å². The summed E-state index contributed by atoms with van der Waals surface area (Å²) in [6, 6.07) is 0. The normalized spacial score (nSPS) is 23.8. The lowest BCUT2D eigenvalue weighted by Gasteiger charge is -2.26. The first-order valence-electron chi connectivity index (χ1n) is 6.49. The molecule has 0 bridgehead atoms. The number of nitrogens with one attached hydrogen (secondary N) is 1. The van der Waals surface area contributed by atoms with Crippen LogP contribution in [0, 0.1) is 22.0 Å². The maximum atomic E-state index is 10.5. The SMILES string of the molecule is CC1CCCC(CCNc2ncc([N+](=O)[O-])s2)C1. The Morgan fingerprint density at radius 3 is 3.11 bits per heavy atom. The fraction of sp³-hybridized carbons (Fsp3) is 0.750. The molecule has 18 heavy (non-hydrogen) atoms. The molecule has 1 aromatic heterocycles. The molecule has 2 unspecified atom stereocenters. The van der Waals surface area contributed by atoms with Crippen molar-refractivity contribution >= 4 is 21.5 Å². The van der Waals surface area contributed by atoms with Crippen LogP contribution in [0.3, 0.4) is 0 Å². The number of thiazole rings is 1. The third kappa shape index (κ3) is 3.66. The lowest BCUT2D eigenvalue weighted by Crippen LogP contribution is -2.16. The van der Waals surface area contributed by atoms with Gasteiger partial charge >= 0.3 is 5.00 Å². The smallest absolute Gasteiger partial charge is 0.345 e. The number of hydrogen-bond donors (Lipinski definition) is 1. The van der Waals surface area contributed by atoms with Gasteiger partial charge in [-0.05, 0) is 36.0 Å². The summed E-state index contributed by atoms with van der Waals surface area (Å²) < 4.78 is 0. The van der Waals surface area contributed by atoms with Crippen LogP contribution in [0.2, 0.25) is 0 Å². The second-order valence-electron chi connectivity index (χ2n) is 5.11. The summed E-state index contributed by atoms with van der Waals surface area (Å²) >= 11 is 1.11. The zero-order valence-corrected chi connectivity index (χ0v) is 11.4. The van der Waals surface area contributed by atoms with Crippen molar-refractivity contribution in [3.8, 4) is 0 Å². The molecule has 0 radical (unpaired) electrons. The van der Waals surface area contributed by atoms with Crippen molar-refractivity contribution in [1.29, 1.82) is 0 Å². The van der Waals surface area contributed by atoms with Crippen LogP contribution >= 0.6 is 11.3 Å². The Morgan fingerprint density at radius 1 is 1.61 bits per heavy atom. The van der Waals surface area contributed by atoms with E-state index in [0.29, 0.717) is 5.13 Å². The van der Waals surface area contributed by atoms with Gasteiger partial charge in [-0.3, -0.25) is 10.1 Å². The Morgan fingerprint density at radius 2 is 2.44 bits per heavy atom. The number of hydrogen-bond acceptors (Lipinski definition) is 5. The minimum absolute atomic E-state index is 0.101. The van der Waals surface area contributed by atoms with E-state index >= 15 is 0 Å². The molecule has 1 saturated carbocycles. The van der Waals surface area contributed by atoms with Gasteiger partial charge in [0, 0.05) is 6.54 Å². The van der Waals surface area contributed by atoms with Gasteiger partial charge in [0.2, 0.25) is 0 Å². The first kappa shape index (κ1) is 13.3. The van der Waals surface area contributed by atoms with E-state index in [4.69, 9.17) is 0 Å². The average molecular weight is 269 g/mol. The van der Waals surface area contributed by atoms with Crippen molar-refractivity contribution < 1.29 is 4.92 Å².